The minimum Gasteiger partial charge on any atom is -0.460 e. The molecule has 2 heterocycles. The summed E-state index contributed by atoms with van der Waals surface area (Å²) in [5, 5.41) is 6.13. The van der Waals surface area contributed by atoms with Crippen molar-refractivity contribution in [2.75, 3.05) is 38.1 Å². The summed E-state index contributed by atoms with van der Waals surface area (Å²) >= 11 is 0. The predicted octanol–water partition coefficient (Wildman–Crippen LogP) is 5.55. The number of anilines is 1. The summed E-state index contributed by atoms with van der Waals surface area (Å²) in [4.78, 5) is 78.5. The van der Waals surface area contributed by atoms with E-state index in [9.17, 15) is 24.0 Å². The average Bonchev–Trinajstić information content (AvgIpc) is 3.12. The molecule has 1 aromatic heterocycles. The van der Waals surface area contributed by atoms with Crippen LogP contribution < -0.4 is 10.6 Å². The lowest BCUT2D eigenvalue weighted by atomic mass is 10.0. The molecule has 14 nitrogen and oxygen atoms in total. The van der Waals surface area contributed by atoms with E-state index in [1.54, 1.807) is 65.5 Å². The maximum Gasteiger partial charge on any atom is 0.409 e. The van der Waals surface area contributed by atoms with Gasteiger partial charge in [-0.1, -0.05) is 60.7 Å². The summed E-state index contributed by atoms with van der Waals surface area (Å²) in [7, 11) is 0. The Bertz CT molecular complexity index is 1750. The lowest BCUT2D eigenvalue weighted by molar-refractivity contribution is -0.156. The van der Waals surface area contributed by atoms with Crippen LogP contribution in [0.3, 0.4) is 0 Å². The Kier molecular flexibility index (Phi) is 14.1. The molecule has 0 radical (unpaired) electrons. The van der Waals surface area contributed by atoms with Crippen molar-refractivity contribution in [3.8, 4) is 11.4 Å². The first-order chi connectivity index (χ1) is 25.5. The third-order valence-corrected chi connectivity index (χ3v) is 8.08. The standard InChI is InChI=1S/C40H52N6O8/c1-8-52-38(51)46-23-21-45(22-24-46)37(50)29(19-20-33(47)53-39(2,3)4)43-36(49)31-25-32(44-35(42-31)28-17-13-10-14-18-28)41-30(27-15-11-9-12-16-27)26-34(48)54-40(5,6)7/h9-18,25,29-30H,8,19-24,26H2,1-7H3,(H,43,49)(H,41,42,44)/t29-,30+/m0/s1. The van der Waals surface area contributed by atoms with Gasteiger partial charge >= 0.3 is 18.0 Å². The summed E-state index contributed by atoms with van der Waals surface area (Å²) in [6, 6.07) is 18.2. The predicted molar refractivity (Wildman–Crippen MR) is 202 cm³/mol. The van der Waals surface area contributed by atoms with Gasteiger partial charge in [0, 0.05) is 44.2 Å². The minimum atomic E-state index is -1.12. The van der Waals surface area contributed by atoms with Crippen LogP contribution in [-0.4, -0.2) is 99.6 Å². The lowest BCUT2D eigenvalue weighted by Gasteiger charge is -2.36. The van der Waals surface area contributed by atoms with E-state index in [1.807, 2.05) is 48.5 Å². The lowest BCUT2D eigenvalue weighted by Crippen LogP contribution is -2.56. The quantitative estimate of drug-likeness (QED) is 0.166. The van der Waals surface area contributed by atoms with Gasteiger partial charge in [-0.15, -0.1) is 0 Å². The highest BCUT2D eigenvalue weighted by atomic mass is 16.6. The van der Waals surface area contributed by atoms with Crippen molar-refractivity contribution >= 4 is 35.7 Å². The highest BCUT2D eigenvalue weighted by Crippen LogP contribution is 2.26. The van der Waals surface area contributed by atoms with Crippen LogP contribution in [-0.2, 0) is 28.6 Å². The van der Waals surface area contributed by atoms with Gasteiger partial charge < -0.3 is 34.6 Å². The number of ether oxygens (including phenoxy) is 3. The molecule has 2 N–H and O–H groups in total. The third kappa shape index (κ3) is 12.8. The molecule has 3 amide bonds. The fourth-order valence-electron chi connectivity index (χ4n) is 5.71. The molecule has 0 unspecified atom stereocenters. The first kappa shape index (κ1) is 41.2. The largest absolute Gasteiger partial charge is 0.460 e. The Balaban J connectivity index is 1.64. The van der Waals surface area contributed by atoms with E-state index in [0.29, 0.717) is 5.56 Å². The first-order valence-electron chi connectivity index (χ1n) is 18.2. The zero-order valence-electron chi connectivity index (χ0n) is 32.2. The number of hydrogen-bond acceptors (Lipinski definition) is 11. The van der Waals surface area contributed by atoms with E-state index in [0.717, 1.165) is 5.56 Å². The van der Waals surface area contributed by atoms with Gasteiger partial charge in [-0.05, 0) is 60.5 Å². The summed E-state index contributed by atoms with van der Waals surface area (Å²) in [6.07, 6.45) is -0.655. The van der Waals surface area contributed by atoms with Crippen LogP contribution in [0.5, 0.6) is 0 Å². The number of benzene rings is 2. The van der Waals surface area contributed by atoms with E-state index in [-0.39, 0.29) is 69.4 Å². The van der Waals surface area contributed by atoms with Gasteiger partial charge in [0.15, 0.2) is 5.82 Å². The van der Waals surface area contributed by atoms with Gasteiger partial charge in [-0.2, -0.15) is 0 Å². The molecular formula is C40H52N6O8. The molecule has 1 aliphatic rings. The van der Waals surface area contributed by atoms with E-state index in [4.69, 9.17) is 19.2 Å². The fourth-order valence-corrected chi connectivity index (χ4v) is 5.71. The Morgan fingerprint density at radius 3 is 1.94 bits per heavy atom. The summed E-state index contributed by atoms with van der Waals surface area (Å²) < 4.78 is 16.2. The highest BCUT2D eigenvalue weighted by Gasteiger charge is 2.32. The third-order valence-electron chi connectivity index (χ3n) is 8.08. The van der Waals surface area contributed by atoms with Gasteiger partial charge in [0.2, 0.25) is 5.91 Å². The molecular weight excluding hydrogens is 692 g/mol. The number of hydrogen-bond donors (Lipinski definition) is 2. The van der Waals surface area contributed by atoms with Crippen LogP contribution in [0.2, 0.25) is 0 Å². The molecule has 0 bridgehead atoms. The maximum absolute atomic E-state index is 14.1. The molecule has 2 aromatic carbocycles. The van der Waals surface area contributed by atoms with Crippen LogP contribution >= 0.6 is 0 Å². The van der Waals surface area contributed by atoms with E-state index >= 15 is 0 Å². The maximum atomic E-state index is 14.1. The molecule has 3 aromatic rings. The van der Waals surface area contributed by atoms with Crippen LogP contribution in [0.15, 0.2) is 66.7 Å². The van der Waals surface area contributed by atoms with Crippen molar-refractivity contribution in [2.45, 2.75) is 91.0 Å². The van der Waals surface area contributed by atoms with Crippen molar-refractivity contribution in [1.82, 2.24) is 25.1 Å². The molecule has 290 valence electrons. The molecule has 1 fully saturated rings. The van der Waals surface area contributed by atoms with Crippen LogP contribution in [0.4, 0.5) is 10.6 Å². The first-order valence-corrected chi connectivity index (χ1v) is 18.2. The number of esters is 2. The smallest absolute Gasteiger partial charge is 0.409 e. The zero-order valence-corrected chi connectivity index (χ0v) is 32.2. The van der Waals surface area contributed by atoms with Crippen molar-refractivity contribution in [3.05, 3.63) is 78.0 Å². The monoisotopic (exact) mass is 744 g/mol. The molecule has 1 saturated heterocycles. The Hall–Kier alpha value is -5.53. The van der Waals surface area contributed by atoms with Gasteiger partial charge in [0.05, 0.1) is 19.1 Å². The van der Waals surface area contributed by atoms with Crippen molar-refractivity contribution in [1.29, 1.82) is 0 Å². The number of amides is 3. The second-order valence-corrected chi connectivity index (χ2v) is 14.9. The van der Waals surface area contributed by atoms with E-state index < -0.39 is 53.1 Å². The number of carbonyl (C=O) groups excluding carboxylic acids is 5. The van der Waals surface area contributed by atoms with Crippen molar-refractivity contribution < 1.29 is 38.2 Å². The van der Waals surface area contributed by atoms with Gasteiger partial charge in [0.25, 0.3) is 5.91 Å². The van der Waals surface area contributed by atoms with Gasteiger partial charge in [-0.3, -0.25) is 19.2 Å². The fraction of sp³-hybridized carbons (Fsp3) is 0.475. The summed E-state index contributed by atoms with van der Waals surface area (Å²) in [6.45, 7) is 13.5. The normalized spacial score (nSPS) is 14.4. The Morgan fingerprint density at radius 2 is 1.35 bits per heavy atom. The zero-order chi connectivity index (χ0) is 39.5. The number of rotatable bonds is 13. The van der Waals surface area contributed by atoms with E-state index in [1.165, 1.54) is 11.0 Å². The Morgan fingerprint density at radius 1 is 0.778 bits per heavy atom. The minimum absolute atomic E-state index is 0.0296. The molecule has 0 saturated carbocycles. The van der Waals surface area contributed by atoms with Crippen LogP contribution in [0.1, 0.15) is 89.8 Å². The van der Waals surface area contributed by atoms with Gasteiger partial charge in [-0.25, -0.2) is 14.8 Å². The SMILES string of the molecule is CCOC(=O)N1CCN(C(=O)[C@H](CCC(=O)OC(C)(C)C)NC(=O)c2cc(N[C@H](CC(=O)OC(C)(C)C)c3ccccc3)nc(-c3ccccc3)n2)CC1. The average molecular weight is 745 g/mol. The number of piperazine rings is 1. The van der Waals surface area contributed by atoms with E-state index in [2.05, 4.69) is 15.6 Å². The topological polar surface area (TPSA) is 169 Å². The molecule has 1 aliphatic heterocycles. The van der Waals surface area contributed by atoms with Crippen molar-refractivity contribution in [3.63, 3.8) is 0 Å². The molecule has 0 aliphatic carbocycles. The second-order valence-electron chi connectivity index (χ2n) is 14.9. The molecule has 4 rings (SSSR count). The second kappa shape index (κ2) is 18.5. The summed E-state index contributed by atoms with van der Waals surface area (Å²) in [5.41, 5.74) is -0.0358. The molecule has 2 atom stereocenters. The summed E-state index contributed by atoms with van der Waals surface area (Å²) in [5.74, 6) is -1.52. The molecule has 0 spiro atoms. The number of nitrogens with one attached hydrogen (secondary N) is 2. The number of aromatic nitrogens is 2. The number of carbonyl (C=O) groups is 5. The molecule has 14 heteroatoms. The van der Waals surface area contributed by atoms with Crippen LogP contribution in [0, 0.1) is 0 Å². The van der Waals surface area contributed by atoms with Crippen LogP contribution in [0.25, 0.3) is 11.4 Å². The number of nitrogens with zero attached hydrogens (tertiary/aromatic N) is 4. The Labute approximate surface area is 317 Å². The van der Waals surface area contributed by atoms with Gasteiger partial charge in [0.1, 0.15) is 28.8 Å². The molecule has 54 heavy (non-hydrogen) atoms. The van der Waals surface area contributed by atoms with Crippen molar-refractivity contribution in [2.24, 2.45) is 0 Å². The highest BCUT2D eigenvalue weighted by molar-refractivity contribution is 5.97.